The van der Waals surface area contributed by atoms with Crippen molar-refractivity contribution in [1.82, 2.24) is 9.47 Å². The number of ether oxygens (including phenoxy) is 1. The average Bonchev–Trinajstić information content (AvgIpc) is 2.67. The van der Waals surface area contributed by atoms with Crippen molar-refractivity contribution in [2.45, 2.75) is 44.1 Å². The molecule has 0 bridgehead atoms. The Bertz CT molecular complexity index is 1050. The fourth-order valence-electron chi connectivity index (χ4n) is 3.50. The van der Waals surface area contributed by atoms with Crippen molar-refractivity contribution in [3.8, 4) is 11.4 Å². The molecular formula is C22H28N2O5S. The van der Waals surface area contributed by atoms with Crippen LogP contribution in [0.25, 0.3) is 5.69 Å². The molecule has 2 heterocycles. The second-order valence-electron chi connectivity index (χ2n) is 8.13. The van der Waals surface area contributed by atoms with Crippen LogP contribution in [-0.4, -0.2) is 49.2 Å². The van der Waals surface area contributed by atoms with Gasteiger partial charge in [-0.25, -0.2) is 8.42 Å². The van der Waals surface area contributed by atoms with Crippen LogP contribution in [0.1, 0.15) is 33.1 Å². The summed E-state index contributed by atoms with van der Waals surface area (Å²) in [5, 5.41) is 0. The van der Waals surface area contributed by atoms with Gasteiger partial charge in [0.25, 0.3) is 5.56 Å². The zero-order valence-electron chi connectivity index (χ0n) is 17.6. The van der Waals surface area contributed by atoms with Gasteiger partial charge in [-0.2, -0.15) is 0 Å². The van der Waals surface area contributed by atoms with E-state index in [1.54, 1.807) is 24.4 Å². The van der Waals surface area contributed by atoms with Gasteiger partial charge in [-0.1, -0.05) is 13.8 Å². The monoisotopic (exact) mass is 432 g/mol. The number of hydrogen-bond acceptors (Lipinski definition) is 5. The minimum atomic E-state index is -3.28. The molecule has 2 aromatic rings. The Morgan fingerprint density at radius 2 is 1.77 bits per heavy atom. The van der Waals surface area contributed by atoms with Crippen LogP contribution in [0.2, 0.25) is 0 Å². The van der Waals surface area contributed by atoms with E-state index in [-0.39, 0.29) is 22.5 Å². The summed E-state index contributed by atoms with van der Waals surface area (Å²) in [5.41, 5.74) is 0.320. The fraction of sp³-hybridized carbons (Fsp3) is 0.455. The number of benzene rings is 1. The maximum atomic E-state index is 12.5. The van der Waals surface area contributed by atoms with Crippen molar-refractivity contribution in [2.75, 3.05) is 19.3 Å². The lowest BCUT2D eigenvalue weighted by Crippen LogP contribution is -2.42. The molecule has 0 N–H and O–H groups in total. The summed E-state index contributed by atoms with van der Waals surface area (Å²) in [7, 11) is -3.28. The lowest BCUT2D eigenvalue weighted by atomic mass is 10.1. The van der Waals surface area contributed by atoms with Gasteiger partial charge in [-0.15, -0.1) is 0 Å². The predicted molar refractivity (Wildman–Crippen MR) is 115 cm³/mol. The average molecular weight is 433 g/mol. The predicted octanol–water partition coefficient (Wildman–Crippen LogP) is 2.66. The normalized spacial score (nSPS) is 15.4. The topological polar surface area (TPSA) is 85.7 Å². The molecule has 8 heteroatoms. The Hall–Kier alpha value is -2.61. The zero-order chi connectivity index (χ0) is 21.9. The summed E-state index contributed by atoms with van der Waals surface area (Å²) in [4.78, 5) is 26.8. The van der Waals surface area contributed by atoms with E-state index in [4.69, 9.17) is 4.74 Å². The summed E-state index contributed by atoms with van der Waals surface area (Å²) in [6.07, 6.45) is 4.77. The number of piperidine rings is 1. The highest BCUT2D eigenvalue weighted by molar-refractivity contribution is 7.90. The maximum Gasteiger partial charge on any atom is 0.258 e. The van der Waals surface area contributed by atoms with E-state index >= 15 is 0 Å². The van der Waals surface area contributed by atoms with Gasteiger partial charge in [0.1, 0.15) is 11.9 Å². The number of carbonyl (C=O) groups is 1. The van der Waals surface area contributed by atoms with E-state index in [2.05, 4.69) is 0 Å². The molecule has 0 unspecified atom stereocenters. The number of rotatable bonds is 6. The third-order valence-electron chi connectivity index (χ3n) is 5.11. The maximum absolute atomic E-state index is 12.5. The molecule has 1 fully saturated rings. The number of aromatic nitrogens is 1. The van der Waals surface area contributed by atoms with Gasteiger partial charge >= 0.3 is 0 Å². The highest BCUT2D eigenvalue weighted by Gasteiger charge is 2.24. The molecule has 1 aliphatic heterocycles. The van der Waals surface area contributed by atoms with Gasteiger partial charge in [-0.05, 0) is 36.2 Å². The molecule has 30 heavy (non-hydrogen) atoms. The number of nitrogens with zero attached hydrogens (tertiary/aromatic N) is 2. The van der Waals surface area contributed by atoms with Crippen molar-refractivity contribution in [3.63, 3.8) is 0 Å². The van der Waals surface area contributed by atoms with Gasteiger partial charge in [0.2, 0.25) is 5.91 Å². The van der Waals surface area contributed by atoms with Crippen LogP contribution in [0.4, 0.5) is 0 Å². The lowest BCUT2D eigenvalue weighted by Gasteiger charge is -2.32. The van der Waals surface area contributed by atoms with E-state index in [1.165, 1.54) is 22.8 Å². The second kappa shape index (κ2) is 9.04. The van der Waals surface area contributed by atoms with Crippen LogP contribution in [0.3, 0.4) is 0 Å². The number of carbonyl (C=O) groups excluding carboxylic acids is 1. The Kier molecular flexibility index (Phi) is 6.65. The van der Waals surface area contributed by atoms with E-state index in [0.29, 0.717) is 36.9 Å². The summed E-state index contributed by atoms with van der Waals surface area (Å²) in [6.45, 7) is 5.41. The van der Waals surface area contributed by atoms with E-state index < -0.39 is 9.84 Å². The summed E-state index contributed by atoms with van der Waals surface area (Å²) in [6, 6.07) is 9.32. The van der Waals surface area contributed by atoms with Crippen LogP contribution in [0.5, 0.6) is 5.75 Å². The van der Waals surface area contributed by atoms with Crippen LogP contribution in [0, 0.1) is 5.92 Å². The molecule has 1 saturated heterocycles. The number of amides is 1. The molecule has 1 amide bonds. The molecule has 0 spiro atoms. The first-order chi connectivity index (χ1) is 14.1. The van der Waals surface area contributed by atoms with E-state index in [0.717, 1.165) is 19.1 Å². The molecule has 0 aliphatic carbocycles. The Morgan fingerprint density at radius 3 is 2.30 bits per heavy atom. The SMILES string of the molecule is CC(C)CC(=O)N1CCC(Oc2ccn(-c3ccc(S(C)(=O)=O)cc3)c(=O)c2)CC1. The van der Waals surface area contributed by atoms with Gasteiger partial charge in [0.15, 0.2) is 9.84 Å². The second-order valence-corrected chi connectivity index (χ2v) is 10.1. The van der Waals surface area contributed by atoms with Crippen molar-refractivity contribution in [2.24, 2.45) is 5.92 Å². The van der Waals surface area contributed by atoms with Gasteiger partial charge in [-0.3, -0.25) is 14.2 Å². The molecule has 162 valence electrons. The summed E-state index contributed by atoms with van der Waals surface area (Å²) < 4.78 is 30.6. The highest BCUT2D eigenvalue weighted by Crippen LogP contribution is 2.20. The van der Waals surface area contributed by atoms with Crippen molar-refractivity contribution in [3.05, 3.63) is 52.9 Å². The van der Waals surface area contributed by atoms with Crippen molar-refractivity contribution >= 4 is 15.7 Å². The molecule has 0 radical (unpaired) electrons. The van der Waals surface area contributed by atoms with Crippen molar-refractivity contribution < 1.29 is 17.9 Å². The fourth-order valence-corrected chi connectivity index (χ4v) is 4.13. The molecule has 0 atom stereocenters. The van der Waals surface area contributed by atoms with Gasteiger partial charge in [0.05, 0.1) is 4.90 Å². The van der Waals surface area contributed by atoms with Gasteiger partial charge in [0, 0.05) is 56.6 Å². The van der Waals surface area contributed by atoms with Crippen molar-refractivity contribution in [1.29, 1.82) is 0 Å². The molecule has 1 aromatic carbocycles. The Labute approximate surface area is 177 Å². The summed E-state index contributed by atoms with van der Waals surface area (Å²) in [5.74, 6) is 1.03. The molecule has 1 aromatic heterocycles. The zero-order valence-corrected chi connectivity index (χ0v) is 18.4. The first kappa shape index (κ1) is 22.1. The van der Waals surface area contributed by atoms with Gasteiger partial charge < -0.3 is 9.64 Å². The number of hydrogen-bond donors (Lipinski definition) is 0. The summed E-state index contributed by atoms with van der Waals surface area (Å²) >= 11 is 0. The molecule has 3 rings (SSSR count). The quantitative estimate of drug-likeness (QED) is 0.701. The molecular weight excluding hydrogens is 404 g/mol. The first-order valence-corrected chi connectivity index (χ1v) is 12.0. The van der Waals surface area contributed by atoms with E-state index in [9.17, 15) is 18.0 Å². The Morgan fingerprint density at radius 1 is 1.13 bits per heavy atom. The largest absolute Gasteiger partial charge is 0.490 e. The number of likely N-dealkylation sites (tertiary alicyclic amines) is 1. The standard InChI is InChI=1S/C22H28N2O5S/c1-16(2)14-21(25)23-11-8-18(9-12-23)29-19-10-13-24(22(26)15-19)17-4-6-20(7-5-17)30(3,27)28/h4-7,10,13,15-16,18H,8-9,11-12,14H2,1-3H3. The number of sulfone groups is 1. The van der Waals surface area contributed by atoms with E-state index in [1.807, 2.05) is 18.7 Å². The highest BCUT2D eigenvalue weighted by atomic mass is 32.2. The van der Waals surface area contributed by atoms with Crippen LogP contribution < -0.4 is 10.3 Å². The number of pyridine rings is 1. The molecule has 0 saturated carbocycles. The third kappa shape index (κ3) is 5.50. The Balaban J connectivity index is 1.63. The smallest absolute Gasteiger partial charge is 0.258 e. The third-order valence-corrected chi connectivity index (χ3v) is 6.24. The van der Waals surface area contributed by atoms with Crippen LogP contribution >= 0.6 is 0 Å². The molecule has 7 nitrogen and oxygen atoms in total. The van der Waals surface area contributed by atoms with Crippen LogP contribution in [-0.2, 0) is 14.6 Å². The van der Waals surface area contributed by atoms with Crippen LogP contribution in [0.15, 0.2) is 52.3 Å². The molecule has 1 aliphatic rings. The first-order valence-electron chi connectivity index (χ1n) is 10.1. The minimum absolute atomic E-state index is 0.0302. The minimum Gasteiger partial charge on any atom is -0.490 e. The lowest BCUT2D eigenvalue weighted by molar-refractivity contribution is -0.133.